The zero-order valence-corrected chi connectivity index (χ0v) is 16.3. The molecule has 0 heterocycles. The van der Waals surface area contributed by atoms with Crippen LogP contribution in [0.1, 0.15) is 42.3 Å². The number of anilines is 2. The van der Waals surface area contributed by atoms with E-state index in [1.165, 1.54) is 13.8 Å². The fraction of sp³-hybridized carbons (Fsp3) is 0.286. The predicted molar refractivity (Wildman–Crippen MR) is 108 cm³/mol. The molecule has 3 amide bonds. The first-order valence-corrected chi connectivity index (χ1v) is 9.02. The Balaban J connectivity index is 2.17. The summed E-state index contributed by atoms with van der Waals surface area (Å²) >= 11 is 0. The lowest BCUT2D eigenvalue weighted by Gasteiger charge is -2.13. The van der Waals surface area contributed by atoms with E-state index in [9.17, 15) is 14.4 Å². The topological polar surface area (TPSA) is 96.5 Å². The van der Waals surface area contributed by atoms with Gasteiger partial charge < -0.3 is 20.7 Å². The molecule has 2 rings (SSSR count). The van der Waals surface area contributed by atoms with Gasteiger partial charge in [0.2, 0.25) is 11.8 Å². The van der Waals surface area contributed by atoms with Crippen LogP contribution in [-0.2, 0) is 27.5 Å². The SMILES string of the molecule is CCOCc1ccccc1CNC(=O)c1cc(NC(C)=O)cc(NC(C)=O)c1. The molecule has 0 spiro atoms. The number of ether oxygens (including phenoxy) is 1. The number of rotatable bonds is 8. The molecule has 28 heavy (non-hydrogen) atoms. The summed E-state index contributed by atoms with van der Waals surface area (Å²) in [5.41, 5.74) is 3.17. The highest BCUT2D eigenvalue weighted by Crippen LogP contribution is 2.20. The number of hydrogen-bond acceptors (Lipinski definition) is 4. The molecule has 0 fully saturated rings. The molecule has 0 unspecified atom stereocenters. The molecule has 0 saturated carbocycles. The molecular weight excluding hydrogens is 358 g/mol. The van der Waals surface area contributed by atoms with Crippen molar-refractivity contribution in [3.8, 4) is 0 Å². The van der Waals surface area contributed by atoms with E-state index in [2.05, 4.69) is 16.0 Å². The number of carbonyl (C=O) groups is 3. The van der Waals surface area contributed by atoms with E-state index in [-0.39, 0.29) is 17.7 Å². The van der Waals surface area contributed by atoms with Crippen LogP contribution < -0.4 is 16.0 Å². The minimum absolute atomic E-state index is 0.267. The molecule has 0 aliphatic carbocycles. The zero-order valence-electron chi connectivity index (χ0n) is 16.3. The fourth-order valence-corrected chi connectivity index (χ4v) is 2.67. The molecule has 0 bridgehead atoms. The number of hydrogen-bond donors (Lipinski definition) is 3. The van der Waals surface area contributed by atoms with Gasteiger partial charge in [0, 0.05) is 43.9 Å². The van der Waals surface area contributed by atoms with Gasteiger partial charge in [-0.25, -0.2) is 0 Å². The maximum Gasteiger partial charge on any atom is 0.251 e. The van der Waals surface area contributed by atoms with Gasteiger partial charge in [0.15, 0.2) is 0 Å². The van der Waals surface area contributed by atoms with Gasteiger partial charge in [0.05, 0.1) is 6.61 Å². The monoisotopic (exact) mass is 383 g/mol. The molecular formula is C21H25N3O4. The van der Waals surface area contributed by atoms with Crippen LogP contribution in [0.4, 0.5) is 11.4 Å². The second kappa shape index (κ2) is 10.2. The molecule has 0 saturated heterocycles. The van der Waals surface area contributed by atoms with E-state index in [4.69, 9.17) is 4.74 Å². The average molecular weight is 383 g/mol. The number of amides is 3. The predicted octanol–water partition coefficient (Wildman–Crippen LogP) is 3.07. The second-order valence-corrected chi connectivity index (χ2v) is 6.25. The number of benzene rings is 2. The number of nitrogens with one attached hydrogen (secondary N) is 3. The van der Waals surface area contributed by atoms with Crippen LogP contribution in [-0.4, -0.2) is 24.3 Å². The molecule has 2 aromatic rings. The normalized spacial score (nSPS) is 10.2. The summed E-state index contributed by atoms with van der Waals surface area (Å²) in [6.45, 7) is 6.11. The molecule has 0 radical (unpaired) electrons. The molecule has 3 N–H and O–H groups in total. The van der Waals surface area contributed by atoms with Crippen molar-refractivity contribution >= 4 is 29.1 Å². The molecule has 0 aliphatic rings. The quantitative estimate of drug-likeness (QED) is 0.653. The van der Waals surface area contributed by atoms with Crippen LogP contribution in [0.3, 0.4) is 0 Å². The standard InChI is InChI=1S/C21H25N3O4/c1-4-28-13-17-8-6-5-7-16(17)12-22-21(27)18-9-19(23-14(2)25)11-20(10-18)24-15(3)26/h5-11H,4,12-13H2,1-3H3,(H,22,27)(H,23,25)(H,24,26). The largest absolute Gasteiger partial charge is 0.377 e. The summed E-state index contributed by atoms with van der Waals surface area (Å²) in [7, 11) is 0. The van der Waals surface area contributed by atoms with Crippen LogP contribution in [0.15, 0.2) is 42.5 Å². The van der Waals surface area contributed by atoms with Gasteiger partial charge >= 0.3 is 0 Å². The minimum Gasteiger partial charge on any atom is -0.377 e. The first kappa shape index (κ1) is 21.1. The minimum atomic E-state index is -0.315. The Morgan fingerprint density at radius 3 is 2.00 bits per heavy atom. The fourth-order valence-electron chi connectivity index (χ4n) is 2.67. The van der Waals surface area contributed by atoms with E-state index in [0.717, 1.165) is 11.1 Å². The van der Waals surface area contributed by atoms with Gasteiger partial charge in [-0.05, 0) is 36.2 Å². The molecule has 2 aromatic carbocycles. The highest BCUT2D eigenvalue weighted by Gasteiger charge is 2.11. The third-order valence-corrected chi connectivity index (χ3v) is 3.86. The Kier molecular flexibility index (Phi) is 7.71. The molecule has 0 aliphatic heterocycles. The average Bonchev–Trinajstić information content (AvgIpc) is 2.63. The van der Waals surface area contributed by atoms with Crippen molar-refractivity contribution in [2.24, 2.45) is 0 Å². The van der Waals surface area contributed by atoms with E-state index in [1.54, 1.807) is 18.2 Å². The summed E-state index contributed by atoms with van der Waals surface area (Å²) in [4.78, 5) is 35.4. The second-order valence-electron chi connectivity index (χ2n) is 6.25. The van der Waals surface area contributed by atoms with Crippen molar-refractivity contribution in [1.82, 2.24) is 5.32 Å². The van der Waals surface area contributed by atoms with Crippen LogP contribution in [0, 0.1) is 0 Å². The van der Waals surface area contributed by atoms with Gasteiger partial charge in [-0.1, -0.05) is 24.3 Å². The van der Waals surface area contributed by atoms with Gasteiger partial charge in [-0.3, -0.25) is 14.4 Å². The Hall–Kier alpha value is -3.19. The third-order valence-electron chi connectivity index (χ3n) is 3.86. The molecule has 7 heteroatoms. The molecule has 7 nitrogen and oxygen atoms in total. The lowest BCUT2D eigenvalue weighted by atomic mass is 10.1. The van der Waals surface area contributed by atoms with Crippen molar-refractivity contribution in [2.45, 2.75) is 33.9 Å². The van der Waals surface area contributed by atoms with E-state index in [1.807, 2.05) is 31.2 Å². The van der Waals surface area contributed by atoms with Crippen LogP contribution in [0.25, 0.3) is 0 Å². The first-order chi connectivity index (χ1) is 13.4. The zero-order chi connectivity index (χ0) is 20.5. The van der Waals surface area contributed by atoms with Crippen LogP contribution in [0.5, 0.6) is 0 Å². The Morgan fingerprint density at radius 2 is 1.46 bits per heavy atom. The smallest absolute Gasteiger partial charge is 0.251 e. The summed E-state index contributed by atoms with van der Waals surface area (Å²) in [6, 6.07) is 12.5. The van der Waals surface area contributed by atoms with E-state index >= 15 is 0 Å². The van der Waals surface area contributed by atoms with Gasteiger partial charge in [0.25, 0.3) is 5.91 Å². The highest BCUT2D eigenvalue weighted by molar-refractivity contribution is 5.99. The summed E-state index contributed by atoms with van der Waals surface area (Å²) in [5.74, 6) is -0.850. The summed E-state index contributed by atoms with van der Waals surface area (Å²) in [6.07, 6.45) is 0. The maximum absolute atomic E-state index is 12.7. The Bertz CT molecular complexity index is 830. The van der Waals surface area contributed by atoms with E-state index < -0.39 is 0 Å². The van der Waals surface area contributed by atoms with Crippen molar-refractivity contribution < 1.29 is 19.1 Å². The van der Waals surface area contributed by atoms with Crippen molar-refractivity contribution in [1.29, 1.82) is 0 Å². The first-order valence-electron chi connectivity index (χ1n) is 9.02. The third kappa shape index (κ3) is 6.51. The van der Waals surface area contributed by atoms with Gasteiger partial charge in [-0.2, -0.15) is 0 Å². The van der Waals surface area contributed by atoms with E-state index in [0.29, 0.717) is 36.7 Å². The van der Waals surface area contributed by atoms with Crippen molar-refractivity contribution in [2.75, 3.05) is 17.2 Å². The van der Waals surface area contributed by atoms with Crippen LogP contribution in [0.2, 0.25) is 0 Å². The number of carbonyl (C=O) groups excluding carboxylic acids is 3. The lowest BCUT2D eigenvalue weighted by Crippen LogP contribution is -2.24. The molecule has 0 aromatic heterocycles. The highest BCUT2D eigenvalue weighted by atomic mass is 16.5. The Labute approximate surface area is 164 Å². The maximum atomic E-state index is 12.7. The van der Waals surface area contributed by atoms with Crippen LogP contribution >= 0.6 is 0 Å². The molecule has 148 valence electrons. The summed E-state index contributed by atoms with van der Waals surface area (Å²) < 4.78 is 5.46. The van der Waals surface area contributed by atoms with Gasteiger partial charge in [0.1, 0.15) is 0 Å². The Morgan fingerprint density at radius 1 is 0.893 bits per heavy atom. The van der Waals surface area contributed by atoms with Crippen molar-refractivity contribution in [3.05, 3.63) is 59.2 Å². The summed E-state index contributed by atoms with van der Waals surface area (Å²) in [5, 5.41) is 8.14. The van der Waals surface area contributed by atoms with Gasteiger partial charge in [-0.15, -0.1) is 0 Å². The lowest BCUT2D eigenvalue weighted by molar-refractivity contribution is -0.115. The van der Waals surface area contributed by atoms with Crippen molar-refractivity contribution in [3.63, 3.8) is 0 Å². The molecule has 0 atom stereocenters.